The lowest BCUT2D eigenvalue weighted by atomic mass is 10.0. The molecule has 0 radical (unpaired) electrons. The molecule has 0 aliphatic carbocycles. The van der Waals surface area contributed by atoms with E-state index in [2.05, 4.69) is 35.6 Å². The molecule has 1 aliphatic rings. The van der Waals surface area contributed by atoms with Crippen LogP contribution in [-0.2, 0) is 21.3 Å². The van der Waals surface area contributed by atoms with Gasteiger partial charge in [0.2, 0.25) is 10.0 Å². The molecule has 1 unspecified atom stereocenters. The third-order valence-corrected chi connectivity index (χ3v) is 6.27. The van der Waals surface area contributed by atoms with Gasteiger partial charge in [0.1, 0.15) is 0 Å². The van der Waals surface area contributed by atoms with Crippen molar-refractivity contribution in [2.24, 2.45) is 0 Å². The number of nitrogens with zero attached hydrogens (tertiary/aromatic N) is 1. The molecule has 1 heterocycles. The molecule has 0 aromatic heterocycles. The molecule has 0 bridgehead atoms. The lowest BCUT2D eigenvalue weighted by Crippen LogP contribution is -2.47. The quantitative estimate of drug-likeness (QED) is 0.792. The van der Waals surface area contributed by atoms with Crippen LogP contribution in [0.15, 0.2) is 59.5 Å². The van der Waals surface area contributed by atoms with E-state index in [1.807, 2.05) is 30.3 Å². The first-order valence-electron chi connectivity index (χ1n) is 9.41. The molecule has 1 saturated heterocycles. The fourth-order valence-corrected chi connectivity index (χ4v) is 4.27. The fourth-order valence-electron chi connectivity index (χ4n) is 3.21. The molecule has 1 N–H and O–H groups in total. The second-order valence-electron chi connectivity index (χ2n) is 7.29. The maximum atomic E-state index is 12.5. The highest BCUT2D eigenvalue weighted by Crippen LogP contribution is 2.17. The molecule has 3 rings (SSSR count). The fraction of sp³-hybridized carbons (Fsp3) is 0.429. The number of nitrogens with one attached hydrogen (secondary N) is 1. The normalized spacial score (nSPS) is 18.7. The zero-order valence-electron chi connectivity index (χ0n) is 16.0. The molecule has 0 saturated carbocycles. The number of hydrogen-bond acceptors (Lipinski definition) is 4. The number of sulfonamides is 1. The number of benzene rings is 2. The Kier molecular flexibility index (Phi) is 6.65. The summed E-state index contributed by atoms with van der Waals surface area (Å²) in [4.78, 5) is 2.60. The first-order chi connectivity index (χ1) is 12.9. The van der Waals surface area contributed by atoms with Gasteiger partial charge < -0.3 is 4.74 Å². The SMILES string of the molecule is CC(C)c1ccc(S(=O)(=O)NCC2CN(Cc3ccccc3)CCO2)cc1. The van der Waals surface area contributed by atoms with Gasteiger partial charge in [0.15, 0.2) is 0 Å². The van der Waals surface area contributed by atoms with Crippen LogP contribution in [0.2, 0.25) is 0 Å². The summed E-state index contributed by atoms with van der Waals surface area (Å²) < 4.78 is 33.6. The van der Waals surface area contributed by atoms with Crippen LogP contribution in [0.3, 0.4) is 0 Å². The lowest BCUT2D eigenvalue weighted by molar-refractivity contribution is -0.0276. The Morgan fingerprint density at radius 1 is 1.11 bits per heavy atom. The van der Waals surface area contributed by atoms with E-state index in [-0.39, 0.29) is 12.6 Å². The van der Waals surface area contributed by atoms with Gasteiger partial charge in [0.05, 0.1) is 17.6 Å². The van der Waals surface area contributed by atoms with Crippen molar-refractivity contribution >= 4 is 10.0 Å². The van der Waals surface area contributed by atoms with E-state index in [0.29, 0.717) is 24.0 Å². The van der Waals surface area contributed by atoms with E-state index in [9.17, 15) is 8.42 Å². The topological polar surface area (TPSA) is 58.6 Å². The minimum Gasteiger partial charge on any atom is -0.374 e. The standard InChI is InChI=1S/C21H28N2O3S/c1-17(2)19-8-10-21(11-9-19)27(24,25)22-14-20-16-23(12-13-26-20)15-18-6-4-3-5-7-18/h3-11,17,20,22H,12-16H2,1-2H3. The lowest BCUT2D eigenvalue weighted by Gasteiger charge is -2.33. The Balaban J connectivity index is 1.55. The van der Waals surface area contributed by atoms with Crippen molar-refractivity contribution in [1.29, 1.82) is 0 Å². The highest BCUT2D eigenvalue weighted by atomic mass is 32.2. The minimum absolute atomic E-state index is 0.146. The monoisotopic (exact) mass is 388 g/mol. The molecular formula is C21H28N2O3S. The average molecular weight is 389 g/mol. The predicted molar refractivity (Wildman–Crippen MR) is 107 cm³/mol. The smallest absolute Gasteiger partial charge is 0.240 e. The van der Waals surface area contributed by atoms with Crippen molar-refractivity contribution in [3.05, 3.63) is 65.7 Å². The molecule has 146 valence electrons. The summed E-state index contributed by atoms with van der Waals surface area (Å²) in [7, 11) is -3.53. The van der Waals surface area contributed by atoms with Crippen molar-refractivity contribution < 1.29 is 13.2 Å². The maximum Gasteiger partial charge on any atom is 0.240 e. The van der Waals surface area contributed by atoms with Crippen LogP contribution in [0.25, 0.3) is 0 Å². The summed E-state index contributed by atoms with van der Waals surface area (Å²) in [6.07, 6.45) is -0.146. The van der Waals surface area contributed by atoms with Gasteiger partial charge in [0.25, 0.3) is 0 Å². The van der Waals surface area contributed by atoms with Crippen LogP contribution in [0.1, 0.15) is 30.9 Å². The van der Waals surface area contributed by atoms with Crippen LogP contribution in [-0.4, -0.2) is 45.7 Å². The van der Waals surface area contributed by atoms with Gasteiger partial charge >= 0.3 is 0 Å². The summed E-state index contributed by atoms with van der Waals surface area (Å²) in [6.45, 7) is 7.48. The third-order valence-electron chi connectivity index (χ3n) is 4.83. The minimum atomic E-state index is -3.53. The van der Waals surface area contributed by atoms with Gasteiger partial charge in [-0.1, -0.05) is 56.3 Å². The van der Waals surface area contributed by atoms with E-state index in [0.717, 1.165) is 18.7 Å². The Morgan fingerprint density at radius 3 is 2.48 bits per heavy atom. The van der Waals surface area contributed by atoms with Gasteiger partial charge in [-0.05, 0) is 29.2 Å². The maximum absolute atomic E-state index is 12.5. The first-order valence-corrected chi connectivity index (χ1v) is 10.9. The van der Waals surface area contributed by atoms with Gasteiger partial charge in [-0.2, -0.15) is 0 Å². The van der Waals surface area contributed by atoms with Crippen LogP contribution in [0, 0.1) is 0 Å². The predicted octanol–water partition coefficient (Wildman–Crippen LogP) is 2.99. The first kappa shape index (κ1) is 20.0. The molecule has 1 fully saturated rings. The van der Waals surface area contributed by atoms with Crippen molar-refractivity contribution in [2.75, 3.05) is 26.2 Å². The molecule has 0 spiro atoms. The van der Waals surface area contributed by atoms with Crippen LogP contribution in [0.4, 0.5) is 0 Å². The van der Waals surface area contributed by atoms with E-state index in [1.165, 1.54) is 5.56 Å². The van der Waals surface area contributed by atoms with Crippen molar-refractivity contribution in [3.8, 4) is 0 Å². The van der Waals surface area contributed by atoms with E-state index >= 15 is 0 Å². The molecule has 1 aliphatic heterocycles. The second kappa shape index (κ2) is 8.97. The summed E-state index contributed by atoms with van der Waals surface area (Å²) in [5.41, 5.74) is 2.38. The molecule has 6 heteroatoms. The van der Waals surface area contributed by atoms with Gasteiger partial charge in [0, 0.05) is 26.2 Å². The highest BCUT2D eigenvalue weighted by Gasteiger charge is 2.23. The van der Waals surface area contributed by atoms with E-state index < -0.39 is 10.0 Å². The van der Waals surface area contributed by atoms with Crippen molar-refractivity contribution in [1.82, 2.24) is 9.62 Å². The van der Waals surface area contributed by atoms with Gasteiger partial charge in [-0.3, -0.25) is 4.90 Å². The molecular weight excluding hydrogens is 360 g/mol. The Morgan fingerprint density at radius 2 is 1.81 bits per heavy atom. The largest absolute Gasteiger partial charge is 0.374 e. The highest BCUT2D eigenvalue weighted by molar-refractivity contribution is 7.89. The van der Waals surface area contributed by atoms with Crippen molar-refractivity contribution in [3.63, 3.8) is 0 Å². The molecule has 27 heavy (non-hydrogen) atoms. The molecule has 2 aromatic rings. The Labute approximate surface area is 162 Å². The Hall–Kier alpha value is -1.73. The summed E-state index contributed by atoms with van der Waals surface area (Å²) >= 11 is 0. The van der Waals surface area contributed by atoms with Crippen molar-refractivity contribution in [2.45, 2.75) is 37.3 Å². The van der Waals surface area contributed by atoms with Crippen LogP contribution >= 0.6 is 0 Å². The molecule has 5 nitrogen and oxygen atoms in total. The van der Waals surface area contributed by atoms with Crippen LogP contribution < -0.4 is 4.72 Å². The third kappa shape index (κ3) is 5.62. The number of ether oxygens (including phenoxy) is 1. The molecule has 2 aromatic carbocycles. The molecule has 1 atom stereocenters. The number of morpholine rings is 1. The zero-order chi connectivity index (χ0) is 19.3. The summed E-state index contributed by atoms with van der Waals surface area (Å²) in [6, 6.07) is 17.4. The number of hydrogen-bond donors (Lipinski definition) is 1. The average Bonchev–Trinajstić information content (AvgIpc) is 2.68. The van der Waals surface area contributed by atoms with Gasteiger partial charge in [-0.25, -0.2) is 13.1 Å². The van der Waals surface area contributed by atoms with E-state index in [4.69, 9.17) is 4.74 Å². The number of rotatable bonds is 7. The summed E-state index contributed by atoms with van der Waals surface area (Å²) in [5.74, 6) is 0.376. The Bertz CT molecular complexity index is 820. The zero-order valence-corrected chi connectivity index (χ0v) is 16.8. The second-order valence-corrected chi connectivity index (χ2v) is 9.06. The van der Waals surface area contributed by atoms with E-state index in [1.54, 1.807) is 12.1 Å². The summed E-state index contributed by atoms with van der Waals surface area (Å²) in [5, 5.41) is 0. The van der Waals surface area contributed by atoms with Crippen LogP contribution in [0.5, 0.6) is 0 Å². The molecule has 0 amide bonds. The van der Waals surface area contributed by atoms with Gasteiger partial charge in [-0.15, -0.1) is 0 Å².